The van der Waals surface area contributed by atoms with Gasteiger partial charge < -0.3 is 5.73 Å². The third-order valence-corrected chi connectivity index (χ3v) is 4.71. The first-order valence-corrected chi connectivity index (χ1v) is 6.90. The Balaban J connectivity index is 2.30. The molecule has 1 aliphatic rings. The number of hydrogen-bond acceptors (Lipinski definition) is 3. The molecule has 0 saturated carbocycles. The van der Waals surface area contributed by atoms with Crippen LogP contribution < -0.4 is 5.73 Å². The van der Waals surface area contributed by atoms with Crippen LogP contribution in [0, 0.1) is 0 Å². The lowest BCUT2D eigenvalue weighted by molar-refractivity contribution is 0.346. The molecule has 4 nitrogen and oxygen atoms in total. The molecule has 2 N–H and O–H groups in total. The van der Waals surface area contributed by atoms with E-state index >= 15 is 0 Å². The third kappa shape index (κ3) is 2.20. The van der Waals surface area contributed by atoms with Gasteiger partial charge in [0.25, 0.3) is 0 Å². The second-order valence-electron chi connectivity index (χ2n) is 4.04. The lowest BCUT2D eigenvalue weighted by Gasteiger charge is -2.25. The van der Waals surface area contributed by atoms with Crippen LogP contribution in [0.1, 0.15) is 19.3 Å². The van der Waals surface area contributed by atoms with Gasteiger partial charge in [0.15, 0.2) is 0 Å². The summed E-state index contributed by atoms with van der Waals surface area (Å²) in [5, 5.41) is 0. The van der Waals surface area contributed by atoms with Crippen LogP contribution in [0.2, 0.25) is 0 Å². The fourth-order valence-corrected chi connectivity index (χ4v) is 3.50. The number of nitrogens with zero attached hydrogens (tertiary/aromatic N) is 1. The molecule has 1 saturated heterocycles. The van der Waals surface area contributed by atoms with Crippen LogP contribution in [-0.2, 0) is 10.0 Å². The van der Waals surface area contributed by atoms with Gasteiger partial charge in [-0.15, -0.1) is 0 Å². The van der Waals surface area contributed by atoms with E-state index in [1.807, 2.05) is 0 Å². The van der Waals surface area contributed by atoms with Gasteiger partial charge in [0, 0.05) is 18.8 Å². The summed E-state index contributed by atoms with van der Waals surface area (Å²) in [5.74, 6) is 0. The van der Waals surface area contributed by atoms with Gasteiger partial charge in [-0.2, -0.15) is 4.31 Å². The Morgan fingerprint density at radius 2 is 1.81 bits per heavy atom. The highest BCUT2D eigenvalue weighted by atomic mass is 32.2. The number of nitrogen functional groups attached to an aromatic ring is 1. The first-order valence-electron chi connectivity index (χ1n) is 5.46. The van der Waals surface area contributed by atoms with Crippen molar-refractivity contribution in [3.05, 3.63) is 24.3 Å². The minimum Gasteiger partial charge on any atom is -0.399 e. The molecule has 0 atom stereocenters. The van der Waals surface area contributed by atoms with Gasteiger partial charge in [0.1, 0.15) is 0 Å². The van der Waals surface area contributed by atoms with Crippen LogP contribution >= 0.6 is 0 Å². The highest BCUT2D eigenvalue weighted by Crippen LogP contribution is 2.21. The molecule has 16 heavy (non-hydrogen) atoms. The highest BCUT2D eigenvalue weighted by molar-refractivity contribution is 7.89. The first-order chi connectivity index (χ1) is 7.60. The Labute approximate surface area is 96.1 Å². The zero-order valence-electron chi connectivity index (χ0n) is 9.09. The number of sulfonamides is 1. The summed E-state index contributed by atoms with van der Waals surface area (Å²) in [7, 11) is -3.33. The number of benzene rings is 1. The van der Waals surface area contributed by atoms with Crippen molar-refractivity contribution in [2.75, 3.05) is 18.8 Å². The summed E-state index contributed by atoms with van der Waals surface area (Å²) >= 11 is 0. The van der Waals surface area contributed by atoms with Crippen molar-refractivity contribution in [2.45, 2.75) is 24.2 Å². The second-order valence-corrected chi connectivity index (χ2v) is 5.98. The van der Waals surface area contributed by atoms with E-state index in [9.17, 15) is 8.42 Å². The molecule has 0 spiro atoms. The van der Waals surface area contributed by atoms with Crippen molar-refractivity contribution in [3.63, 3.8) is 0 Å². The monoisotopic (exact) mass is 240 g/mol. The molecule has 1 aromatic carbocycles. The van der Waals surface area contributed by atoms with Crippen molar-refractivity contribution < 1.29 is 8.42 Å². The zero-order chi connectivity index (χ0) is 11.6. The summed E-state index contributed by atoms with van der Waals surface area (Å²) in [4.78, 5) is 0.300. The maximum Gasteiger partial charge on any atom is 0.243 e. The van der Waals surface area contributed by atoms with Gasteiger partial charge >= 0.3 is 0 Å². The van der Waals surface area contributed by atoms with E-state index in [-0.39, 0.29) is 0 Å². The molecule has 0 bridgehead atoms. The van der Waals surface area contributed by atoms with Gasteiger partial charge in [0.2, 0.25) is 10.0 Å². The zero-order valence-corrected chi connectivity index (χ0v) is 9.91. The Morgan fingerprint density at radius 1 is 1.12 bits per heavy atom. The van der Waals surface area contributed by atoms with Gasteiger partial charge in [-0.1, -0.05) is 12.5 Å². The molecule has 1 aromatic rings. The van der Waals surface area contributed by atoms with Gasteiger partial charge in [-0.05, 0) is 31.0 Å². The maximum absolute atomic E-state index is 12.2. The van der Waals surface area contributed by atoms with Crippen LogP contribution in [-0.4, -0.2) is 25.8 Å². The minimum absolute atomic E-state index is 0.300. The van der Waals surface area contributed by atoms with Crippen molar-refractivity contribution >= 4 is 15.7 Å². The van der Waals surface area contributed by atoms with E-state index in [4.69, 9.17) is 5.73 Å². The lowest BCUT2D eigenvalue weighted by Crippen LogP contribution is -2.35. The molecule has 5 heteroatoms. The van der Waals surface area contributed by atoms with Crippen molar-refractivity contribution in [3.8, 4) is 0 Å². The van der Waals surface area contributed by atoms with Crippen LogP contribution in [0.15, 0.2) is 29.2 Å². The molecule has 0 amide bonds. The Hall–Kier alpha value is -1.07. The largest absolute Gasteiger partial charge is 0.399 e. The molecule has 0 radical (unpaired) electrons. The summed E-state index contributed by atoms with van der Waals surface area (Å²) < 4.78 is 26.0. The summed E-state index contributed by atoms with van der Waals surface area (Å²) in [5.41, 5.74) is 6.09. The average molecular weight is 240 g/mol. The van der Waals surface area contributed by atoms with E-state index in [2.05, 4.69) is 0 Å². The maximum atomic E-state index is 12.2. The van der Waals surface area contributed by atoms with E-state index in [1.54, 1.807) is 22.5 Å². The predicted molar refractivity (Wildman–Crippen MR) is 63.5 cm³/mol. The van der Waals surface area contributed by atoms with Crippen LogP contribution in [0.25, 0.3) is 0 Å². The molecule has 2 rings (SSSR count). The third-order valence-electron chi connectivity index (χ3n) is 2.81. The number of nitrogens with two attached hydrogens (primary N) is 1. The lowest BCUT2D eigenvalue weighted by atomic mass is 10.2. The quantitative estimate of drug-likeness (QED) is 0.796. The molecule has 0 unspecified atom stereocenters. The molecular formula is C11H16N2O2S. The molecule has 1 aliphatic heterocycles. The number of hydrogen-bond donors (Lipinski definition) is 1. The molecular weight excluding hydrogens is 224 g/mol. The fraction of sp³-hybridized carbons (Fsp3) is 0.455. The molecule has 88 valence electrons. The Kier molecular flexibility index (Phi) is 3.16. The van der Waals surface area contributed by atoms with Gasteiger partial charge in [-0.3, -0.25) is 0 Å². The summed E-state index contributed by atoms with van der Waals surface area (Å²) in [6.07, 6.45) is 3.01. The Bertz CT molecular complexity index is 465. The Morgan fingerprint density at radius 3 is 2.44 bits per heavy atom. The minimum atomic E-state index is -3.33. The fourth-order valence-electron chi connectivity index (χ4n) is 1.93. The second kappa shape index (κ2) is 4.43. The van der Waals surface area contributed by atoms with E-state index in [0.29, 0.717) is 23.7 Å². The van der Waals surface area contributed by atoms with E-state index in [1.165, 1.54) is 6.07 Å². The molecule has 0 aliphatic carbocycles. The predicted octanol–water partition coefficient (Wildman–Crippen LogP) is 1.44. The van der Waals surface area contributed by atoms with E-state index < -0.39 is 10.0 Å². The molecule has 1 fully saturated rings. The molecule has 0 aromatic heterocycles. The highest BCUT2D eigenvalue weighted by Gasteiger charge is 2.25. The first kappa shape index (κ1) is 11.4. The van der Waals surface area contributed by atoms with Crippen LogP contribution in [0.3, 0.4) is 0 Å². The van der Waals surface area contributed by atoms with Crippen LogP contribution in [0.5, 0.6) is 0 Å². The normalized spacial score (nSPS) is 18.5. The topological polar surface area (TPSA) is 63.4 Å². The summed E-state index contributed by atoms with van der Waals surface area (Å²) in [6, 6.07) is 6.48. The van der Waals surface area contributed by atoms with Crippen molar-refractivity contribution in [1.29, 1.82) is 0 Å². The number of anilines is 1. The van der Waals surface area contributed by atoms with Crippen molar-refractivity contribution in [2.24, 2.45) is 0 Å². The van der Waals surface area contributed by atoms with Gasteiger partial charge in [0.05, 0.1) is 4.90 Å². The SMILES string of the molecule is Nc1cccc(S(=O)(=O)N2CCCCC2)c1. The molecule has 1 heterocycles. The van der Waals surface area contributed by atoms with Crippen molar-refractivity contribution in [1.82, 2.24) is 4.31 Å². The number of rotatable bonds is 2. The van der Waals surface area contributed by atoms with Crippen LogP contribution in [0.4, 0.5) is 5.69 Å². The average Bonchev–Trinajstić information content (AvgIpc) is 2.30. The smallest absolute Gasteiger partial charge is 0.243 e. The number of piperidine rings is 1. The standard InChI is InChI=1S/C11H16N2O2S/c12-10-5-4-6-11(9-10)16(14,15)13-7-2-1-3-8-13/h4-6,9H,1-3,7-8,12H2. The summed E-state index contributed by atoms with van der Waals surface area (Å²) in [6.45, 7) is 1.24. The van der Waals surface area contributed by atoms with Gasteiger partial charge in [-0.25, -0.2) is 8.42 Å². The van der Waals surface area contributed by atoms with E-state index in [0.717, 1.165) is 19.3 Å².